The molecule has 19 heavy (non-hydrogen) atoms. The van der Waals surface area contributed by atoms with Gasteiger partial charge in [-0.15, -0.1) is 0 Å². The zero-order chi connectivity index (χ0) is 14.2. The minimum absolute atomic E-state index is 0.0677. The molecule has 0 unspecified atom stereocenters. The van der Waals surface area contributed by atoms with Crippen LogP contribution in [0.25, 0.3) is 0 Å². The van der Waals surface area contributed by atoms with Crippen molar-refractivity contribution >= 4 is 27.3 Å². The summed E-state index contributed by atoms with van der Waals surface area (Å²) in [5.74, 6) is 0.501. The number of nitrogens with two attached hydrogens (primary N) is 1. The highest BCUT2D eigenvalue weighted by molar-refractivity contribution is 7.89. The maximum Gasteiger partial charge on any atom is 0.243 e. The molecule has 6 heteroatoms. The molecular weight excluding hydrogens is 284 g/mol. The van der Waals surface area contributed by atoms with Gasteiger partial charge in [0, 0.05) is 12.6 Å². The summed E-state index contributed by atoms with van der Waals surface area (Å²) in [5, 5.41) is 0.274. The number of benzene rings is 1. The molecular formula is C13H19ClN2O2S. The summed E-state index contributed by atoms with van der Waals surface area (Å²) in [5.41, 5.74) is 6.01. The van der Waals surface area contributed by atoms with Crippen LogP contribution in [0, 0.1) is 5.92 Å². The lowest BCUT2D eigenvalue weighted by molar-refractivity contribution is 0.342. The molecule has 0 spiro atoms. The Balaban J connectivity index is 2.34. The fourth-order valence-corrected chi connectivity index (χ4v) is 3.93. The lowest BCUT2D eigenvalue weighted by Gasteiger charge is -2.26. The van der Waals surface area contributed by atoms with Crippen molar-refractivity contribution in [2.75, 3.05) is 12.3 Å². The van der Waals surface area contributed by atoms with E-state index >= 15 is 0 Å². The molecule has 1 aromatic rings. The molecule has 2 N–H and O–H groups in total. The average Bonchev–Trinajstić information content (AvgIpc) is 3.12. The molecule has 1 aromatic carbocycles. The SMILES string of the molecule is CC(C)N(CC1CC1)S(=O)(=O)c1ccc(N)c(Cl)c1. The van der Waals surface area contributed by atoms with Crippen molar-refractivity contribution in [1.82, 2.24) is 4.31 Å². The number of halogens is 1. The molecule has 0 amide bonds. The summed E-state index contributed by atoms with van der Waals surface area (Å²) in [6.07, 6.45) is 2.22. The van der Waals surface area contributed by atoms with Gasteiger partial charge in [0.1, 0.15) is 0 Å². The van der Waals surface area contributed by atoms with Crippen molar-refractivity contribution in [2.45, 2.75) is 37.6 Å². The van der Waals surface area contributed by atoms with Crippen LogP contribution in [-0.4, -0.2) is 25.3 Å². The molecule has 0 bridgehead atoms. The van der Waals surface area contributed by atoms with Crippen molar-refractivity contribution in [2.24, 2.45) is 5.92 Å². The number of rotatable bonds is 5. The van der Waals surface area contributed by atoms with Gasteiger partial charge >= 0.3 is 0 Å². The Morgan fingerprint density at radius 3 is 2.53 bits per heavy atom. The van der Waals surface area contributed by atoms with E-state index in [1.807, 2.05) is 13.8 Å². The van der Waals surface area contributed by atoms with Crippen molar-refractivity contribution in [3.8, 4) is 0 Å². The maximum atomic E-state index is 12.6. The second kappa shape index (κ2) is 5.31. The second-order valence-corrected chi connectivity index (χ2v) is 7.59. The zero-order valence-corrected chi connectivity index (χ0v) is 12.7. The summed E-state index contributed by atoms with van der Waals surface area (Å²) in [7, 11) is -3.50. The number of anilines is 1. The topological polar surface area (TPSA) is 63.4 Å². The lowest BCUT2D eigenvalue weighted by atomic mass is 10.3. The molecule has 0 aromatic heterocycles. The van der Waals surface area contributed by atoms with E-state index in [0.29, 0.717) is 18.2 Å². The third-order valence-electron chi connectivity index (χ3n) is 3.29. The van der Waals surface area contributed by atoms with Crippen LogP contribution < -0.4 is 5.73 Å². The van der Waals surface area contributed by atoms with E-state index in [-0.39, 0.29) is 16.0 Å². The van der Waals surface area contributed by atoms with Crippen LogP contribution in [0.5, 0.6) is 0 Å². The average molecular weight is 303 g/mol. The molecule has 0 saturated heterocycles. The fraction of sp³-hybridized carbons (Fsp3) is 0.538. The van der Waals surface area contributed by atoms with Gasteiger partial charge in [-0.2, -0.15) is 4.31 Å². The highest BCUT2D eigenvalue weighted by Gasteiger charge is 2.33. The lowest BCUT2D eigenvalue weighted by Crippen LogP contribution is -2.38. The largest absolute Gasteiger partial charge is 0.398 e. The molecule has 1 aliphatic rings. The first-order valence-corrected chi connectivity index (χ1v) is 8.21. The molecule has 1 saturated carbocycles. The number of sulfonamides is 1. The summed E-state index contributed by atoms with van der Waals surface area (Å²) < 4.78 is 26.8. The Bertz CT molecular complexity index is 568. The van der Waals surface area contributed by atoms with Gasteiger partial charge in [0.2, 0.25) is 10.0 Å². The first kappa shape index (κ1) is 14.6. The van der Waals surface area contributed by atoms with Crippen LogP contribution in [0.2, 0.25) is 5.02 Å². The Kier molecular flexibility index (Phi) is 4.08. The van der Waals surface area contributed by atoms with Crippen LogP contribution in [0.1, 0.15) is 26.7 Å². The van der Waals surface area contributed by atoms with Gasteiger partial charge in [0.05, 0.1) is 15.6 Å². The van der Waals surface area contributed by atoms with Crippen LogP contribution in [0.3, 0.4) is 0 Å². The standard InChI is InChI=1S/C13H19ClN2O2S/c1-9(2)16(8-10-3-4-10)19(17,18)11-5-6-13(15)12(14)7-11/h5-7,9-10H,3-4,8,15H2,1-2H3. The van der Waals surface area contributed by atoms with E-state index in [2.05, 4.69) is 0 Å². The highest BCUT2D eigenvalue weighted by Crippen LogP contribution is 2.33. The second-order valence-electron chi connectivity index (χ2n) is 5.30. The first-order chi connectivity index (χ1) is 8.82. The molecule has 1 aliphatic carbocycles. The number of nitrogen functional groups attached to an aromatic ring is 1. The Morgan fingerprint density at radius 2 is 2.05 bits per heavy atom. The number of hydrogen-bond acceptors (Lipinski definition) is 3. The Hall–Kier alpha value is -0.780. The van der Waals surface area contributed by atoms with Crippen molar-refractivity contribution in [1.29, 1.82) is 0 Å². The van der Waals surface area contributed by atoms with Gasteiger partial charge in [0.15, 0.2) is 0 Å². The molecule has 0 atom stereocenters. The molecule has 106 valence electrons. The first-order valence-electron chi connectivity index (χ1n) is 6.39. The quantitative estimate of drug-likeness (QED) is 0.851. The molecule has 0 radical (unpaired) electrons. The van der Waals surface area contributed by atoms with Crippen LogP contribution in [-0.2, 0) is 10.0 Å². The number of hydrogen-bond donors (Lipinski definition) is 1. The van der Waals surface area contributed by atoms with E-state index in [9.17, 15) is 8.42 Å². The van der Waals surface area contributed by atoms with Crippen LogP contribution in [0.4, 0.5) is 5.69 Å². The monoisotopic (exact) mass is 302 g/mol. The highest BCUT2D eigenvalue weighted by atomic mass is 35.5. The van der Waals surface area contributed by atoms with Gasteiger partial charge in [-0.3, -0.25) is 0 Å². The van der Waals surface area contributed by atoms with E-state index in [4.69, 9.17) is 17.3 Å². The molecule has 4 nitrogen and oxygen atoms in total. The minimum atomic E-state index is -3.50. The van der Waals surface area contributed by atoms with Crippen molar-refractivity contribution in [3.05, 3.63) is 23.2 Å². The molecule has 0 heterocycles. The van der Waals surface area contributed by atoms with E-state index < -0.39 is 10.0 Å². The summed E-state index contributed by atoms with van der Waals surface area (Å²) >= 11 is 5.91. The predicted octanol–water partition coefficient (Wildman–Crippen LogP) is 2.73. The normalized spacial score (nSPS) is 16.3. The predicted molar refractivity (Wildman–Crippen MR) is 77.6 cm³/mol. The van der Waals surface area contributed by atoms with Crippen LogP contribution >= 0.6 is 11.6 Å². The third kappa shape index (κ3) is 3.22. The van der Waals surface area contributed by atoms with Crippen LogP contribution in [0.15, 0.2) is 23.1 Å². The zero-order valence-electron chi connectivity index (χ0n) is 11.1. The Morgan fingerprint density at radius 1 is 1.42 bits per heavy atom. The molecule has 1 fully saturated rings. The van der Waals surface area contributed by atoms with Crippen molar-refractivity contribution in [3.63, 3.8) is 0 Å². The summed E-state index contributed by atoms with van der Waals surface area (Å²) in [4.78, 5) is 0.209. The minimum Gasteiger partial charge on any atom is -0.398 e. The summed E-state index contributed by atoms with van der Waals surface area (Å²) in [6, 6.07) is 4.40. The van der Waals surface area contributed by atoms with Gasteiger partial charge in [-0.1, -0.05) is 11.6 Å². The van der Waals surface area contributed by atoms with E-state index in [0.717, 1.165) is 12.8 Å². The smallest absolute Gasteiger partial charge is 0.243 e. The summed E-state index contributed by atoms with van der Waals surface area (Å²) in [6.45, 7) is 4.36. The van der Waals surface area contributed by atoms with Gasteiger partial charge in [-0.05, 0) is 50.8 Å². The van der Waals surface area contributed by atoms with Crippen molar-refractivity contribution < 1.29 is 8.42 Å². The van der Waals surface area contributed by atoms with Gasteiger partial charge < -0.3 is 5.73 Å². The van der Waals surface area contributed by atoms with Gasteiger partial charge in [0.25, 0.3) is 0 Å². The third-order valence-corrected chi connectivity index (χ3v) is 5.65. The maximum absolute atomic E-state index is 12.6. The molecule has 2 rings (SSSR count). The fourth-order valence-electron chi connectivity index (χ4n) is 1.95. The van der Waals surface area contributed by atoms with E-state index in [1.165, 1.54) is 18.2 Å². The van der Waals surface area contributed by atoms with E-state index in [1.54, 1.807) is 4.31 Å². The van der Waals surface area contributed by atoms with Gasteiger partial charge in [-0.25, -0.2) is 8.42 Å². The Labute approximate surface area is 119 Å². The number of nitrogens with zero attached hydrogens (tertiary/aromatic N) is 1. The molecule has 0 aliphatic heterocycles.